The maximum Gasteiger partial charge on any atom is 0.262 e. The summed E-state index contributed by atoms with van der Waals surface area (Å²) in [6.45, 7) is 1.37. The highest BCUT2D eigenvalue weighted by atomic mass is 16.5. The van der Waals surface area contributed by atoms with Crippen molar-refractivity contribution in [2.75, 3.05) is 17.2 Å². The van der Waals surface area contributed by atoms with Gasteiger partial charge < -0.3 is 15.4 Å². The molecule has 5 heteroatoms. The maximum atomic E-state index is 11.7. The van der Waals surface area contributed by atoms with Crippen LogP contribution in [0.2, 0.25) is 0 Å². The van der Waals surface area contributed by atoms with Gasteiger partial charge in [0.2, 0.25) is 5.91 Å². The van der Waals surface area contributed by atoms with Gasteiger partial charge in [0.05, 0.1) is 0 Å². The number of nitrogens with one attached hydrogen (secondary N) is 2. The monoisotopic (exact) mass is 284 g/mol. The van der Waals surface area contributed by atoms with Gasteiger partial charge in [-0.2, -0.15) is 0 Å². The number of carbonyl (C=O) groups excluding carboxylic acids is 2. The quantitative estimate of drug-likeness (QED) is 0.887. The fraction of sp³-hybridized carbons (Fsp3) is 0.125. The van der Waals surface area contributed by atoms with E-state index in [1.807, 2.05) is 18.2 Å². The zero-order valence-corrected chi connectivity index (χ0v) is 11.6. The molecule has 0 aliphatic rings. The second-order valence-electron chi connectivity index (χ2n) is 4.41. The molecule has 0 heterocycles. The maximum absolute atomic E-state index is 11.7. The Morgan fingerprint density at radius 2 is 1.52 bits per heavy atom. The van der Waals surface area contributed by atoms with Crippen molar-refractivity contribution in [2.24, 2.45) is 0 Å². The summed E-state index contributed by atoms with van der Waals surface area (Å²) >= 11 is 0. The normalized spacial score (nSPS) is 9.76. The Bertz CT molecular complexity index is 609. The average molecular weight is 284 g/mol. The van der Waals surface area contributed by atoms with Gasteiger partial charge in [-0.25, -0.2) is 0 Å². The number of amides is 2. The minimum absolute atomic E-state index is 0.0750. The van der Waals surface area contributed by atoms with Crippen molar-refractivity contribution in [3.05, 3.63) is 54.6 Å². The molecule has 0 aliphatic carbocycles. The first-order chi connectivity index (χ1) is 10.1. The number of benzene rings is 2. The number of hydrogen-bond donors (Lipinski definition) is 2. The van der Waals surface area contributed by atoms with E-state index in [1.54, 1.807) is 36.4 Å². The zero-order valence-electron chi connectivity index (χ0n) is 11.6. The third-order valence-electron chi connectivity index (χ3n) is 2.60. The molecule has 21 heavy (non-hydrogen) atoms. The number of ether oxygens (including phenoxy) is 1. The summed E-state index contributed by atoms with van der Waals surface area (Å²) in [5, 5.41) is 5.38. The Labute approximate surface area is 122 Å². The van der Waals surface area contributed by atoms with Crippen LogP contribution in [-0.4, -0.2) is 18.4 Å². The summed E-state index contributed by atoms with van der Waals surface area (Å²) < 4.78 is 5.38. The number of anilines is 2. The highest BCUT2D eigenvalue weighted by molar-refractivity contribution is 5.91. The number of carbonyl (C=O) groups is 2. The summed E-state index contributed by atoms with van der Waals surface area (Å²) in [4.78, 5) is 22.6. The first kappa shape index (κ1) is 14.6. The molecule has 0 unspecified atom stereocenters. The fourth-order valence-electron chi connectivity index (χ4n) is 1.71. The van der Waals surface area contributed by atoms with E-state index >= 15 is 0 Å². The van der Waals surface area contributed by atoms with E-state index in [9.17, 15) is 9.59 Å². The standard InChI is InChI=1S/C16H16N2O3/c1-12(19)17-14-7-9-15(10-8-14)21-11-16(20)18-13-5-3-2-4-6-13/h2-10H,11H2,1H3,(H,17,19)(H,18,20). The van der Waals surface area contributed by atoms with Gasteiger partial charge in [-0.1, -0.05) is 18.2 Å². The van der Waals surface area contributed by atoms with Crippen LogP contribution in [0.25, 0.3) is 0 Å². The number of hydrogen-bond acceptors (Lipinski definition) is 3. The van der Waals surface area contributed by atoms with Gasteiger partial charge in [0.25, 0.3) is 5.91 Å². The molecule has 0 saturated carbocycles. The Balaban J connectivity index is 1.82. The van der Waals surface area contributed by atoms with E-state index in [2.05, 4.69) is 10.6 Å². The molecule has 0 bridgehead atoms. The Hall–Kier alpha value is -2.82. The molecule has 2 amide bonds. The second kappa shape index (κ2) is 7.09. The van der Waals surface area contributed by atoms with Gasteiger partial charge >= 0.3 is 0 Å². The first-order valence-electron chi connectivity index (χ1n) is 6.49. The van der Waals surface area contributed by atoms with Crippen LogP contribution in [0, 0.1) is 0 Å². The third-order valence-corrected chi connectivity index (χ3v) is 2.60. The van der Waals surface area contributed by atoms with Crippen molar-refractivity contribution in [1.82, 2.24) is 0 Å². The molecule has 0 spiro atoms. The number of rotatable bonds is 5. The van der Waals surface area contributed by atoms with Crippen molar-refractivity contribution in [3.8, 4) is 5.75 Å². The lowest BCUT2D eigenvalue weighted by Gasteiger charge is -2.08. The molecule has 0 atom stereocenters. The minimum atomic E-state index is -0.230. The molecule has 0 fully saturated rings. The topological polar surface area (TPSA) is 67.4 Å². The van der Waals surface area contributed by atoms with Crippen LogP contribution in [0.15, 0.2) is 54.6 Å². The van der Waals surface area contributed by atoms with E-state index in [1.165, 1.54) is 6.92 Å². The SMILES string of the molecule is CC(=O)Nc1ccc(OCC(=O)Nc2ccccc2)cc1. The summed E-state index contributed by atoms with van der Waals surface area (Å²) in [5.74, 6) is 0.199. The molecular weight excluding hydrogens is 268 g/mol. The molecule has 0 radical (unpaired) electrons. The predicted molar refractivity (Wildman–Crippen MR) is 81.3 cm³/mol. The number of para-hydroxylation sites is 1. The molecule has 108 valence electrons. The third kappa shape index (κ3) is 4.99. The molecule has 5 nitrogen and oxygen atoms in total. The molecule has 2 aromatic rings. The molecule has 2 rings (SSSR count). The Kier molecular flexibility index (Phi) is 4.93. The fourth-order valence-corrected chi connectivity index (χ4v) is 1.71. The van der Waals surface area contributed by atoms with Crippen molar-refractivity contribution < 1.29 is 14.3 Å². The minimum Gasteiger partial charge on any atom is -0.484 e. The first-order valence-corrected chi connectivity index (χ1v) is 6.49. The lowest BCUT2D eigenvalue weighted by molar-refractivity contribution is -0.118. The molecule has 0 aromatic heterocycles. The van der Waals surface area contributed by atoms with E-state index in [0.717, 1.165) is 5.69 Å². The van der Waals surface area contributed by atoms with Gasteiger partial charge in [-0.3, -0.25) is 9.59 Å². The molecule has 2 N–H and O–H groups in total. The molecular formula is C16H16N2O3. The largest absolute Gasteiger partial charge is 0.484 e. The van der Waals surface area contributed by atoms with Crippen LogP contribution < -0.4 is 15.4 Å². The average Bonchev–Trinajstić information content (AvgIpc) is 2.47. The second-order valence-corrected chi connectivity index (χ2v) is 4.41. The van der Waals surface area contributed by atoms with Crippen LogP contribution in [0.4, 0.5) is 11.4 Å². The van der Waals surface area contributed by atoms with E-state index in [0.29, 0.717) is 11.4 Å². The van der Waals surface area contributed by atoms with Crippen LogP contribution in [0.3, 0.4) is 0 Å². The van der Waals surface area contributed by atoms with Crippen LogP contribution in [0.1, 0.15) is 6.92 Å². The Morgan fingerprint density at radius 1 is 0.905 bits per heavy atom. The van der Waals surface area contributed by atoms with Gasteiger partial charge in [-0.05, 0) is 36.4 Å². The lowest BCUT2D eigenvalue weighted by Crippen LogP contribution is -2.20. The summed E-state index contributed by atoms with van der Waals surface area (Å²) in [6.07, 6.45) is 0. The zero-order chi connectivity index (χ0) is 15.1. The van der Waals surface area contributed by atoms with Crippen molar-refractivity contribution in [3.63, 3.8) is 0 Å². The van der Waals surface area contributed by atoms with E-state index < -0.39 is 0 Å². The van der Waals surface area contributed by atoms with Crippen molar-refractivity contribution in [1.29, 1.82) is 0 Å². The van der Waals surface area contributed by atoms with E-state index in [-0.39, 0.29) is 18.4 Å². The van der Waals surface area contributed by atoms with Crippen LogP contribution in [0.5, 0.6) is 5.75 Å². The van der Waals surface area contributed by atoms with Crippen LogP contribution >= 0.6 is 0 Å². The molecule has 0 aliphatic heterocycles. The van der Waals surface area contributed by atoms with E-state index in [4.69, 9.17) is 4.74 Å². The van der Waals surface area contributed by atoms with Gasteiger partial charge in [-0.15, -0.1) is 0 Å². The van der Waals surface area contributed by atoms with Gasteiger partial charge in [0, 0.05) is 18.3 Å². The summed E-state index contributed by atoms with van der Waals surface area (Å²) in [5.41, 5.74) is 1.41. The molecule has 0 saturated heterocycles. The van der Waals surface area contributed by atoms with Crippen LogP contribution in [-0.2, 0) is 9.59 Å². The summed E-state index contributed by atoms with van der Waals surface area (Å²) in [6, 6.07) is 16.0. The van der Waals surface area contributed by atoms with Crippen molar-refractivity contribution in [2.45, 2.75) is 6.92 Å². The van der Waals surface area contributed by atoms with Gasteiger partial charge in [0.15, 0.2) is 6.61 Å². The smallest absolute Gasteiger partial charge is 0.262 e. The highest BCUT2D eigenvalue weighted by Gasteiger charge is 2.03. The Morgan fingerprint density at radius 3 is 2.14 bits per heavy atom. The molecule has 2 aromatic carbocycles. The van der Waals surface area contributed by atoms with Gasteiger partial charge in [0.1, 0.15) is 5.75 Å². The predicted octanol–water partition coefficient (Wildman–Crippen LogP) is 2.66. The highest BCUT2D eigenvalue weighted by Crippen LogP contribution is 2.15. The summed E-state index contributed by atoms with van der Waals surface area (Å²) in [7, 11) is 0. The lowest BCUT2D eigenvalue weighted by atomic mass is 10.3. The van der Waals surface area contributed by atoms with Crippen molar-refractivity contribution >= 4 is 23.2 Å².